The summed E-state index contributed by atoms with van der Waals surface area (Å²) in [6.45, 7) is 2.75. The van der Waals surface area contributed by atoms with E-state index in [9.17, 15) is 14.0 Å². The molecule has 0 atom stereocenters. The molecule has 1 fully saturated rings. The van der Waals surface area contributed by atoms with Gasteiger partial charge >= 0.3 is 0 Å². The summed E-state index contributed by atoms with van der Waals surface area (Å²) in [7, 11) is 1.61. The minimum atomic E-state index is -0.342. The molecule has 1 heterocycles. The van der Waals surface area contributed by atoms with Crippen molar-refractivity contribution >= 4 is 11.8 Å². The van der Waals surface area contributed by atoms with E-state index in [1.807, 2.05) is 4.90 Å². The SMILES string of the molecule is CNC(=O)CN1CCN(C(=O)COc2ccc(F)cc2)CC1. The number of benzene rings is 1. The number of rotatable bonds is 5. The Morgan fingerprint density at radius 1 is 1.18 bits per heavy atom. The van der Waals surface area contributed by atoms with Crippen LogP contribution >= 0.6 is 0 Å². The van der Waals surface area contributed by atoms with E-state index in [4.69, 9.17) is 4.74 Å². The van der Waals surface area contributed by atoms with Crippen LogP contribution in [-0.4, -0.2) is 68.0 Å². The van der Waals surface area contributed by atoms with Crippen molar-refractivity contribution in [1.82, 2.24) is 15.1 Å². The molecule has 1 aliphatic rings. The van der Waals surface area contributed by atoms with Crippen molar-refractivity contribution in [3.05, 3.63) is 30.1 Å². The Balaban J connectivity index is 1.73. The van der Waals surface area contributed by atoms with Crippen molar-refractivity contribution in [2.75, 3.05) is 46.4 Å². The summed E-state index contributed by atoms with van der Waals surface area (Å²) >= 11 is 0. The van der Waals surface area contributed by atoms with Gasteiger partial charge in [0.05, 0.1) is 6.54 Å². The first-order chi connectivity index (χ1) is 10.6. The minimum Gasteiger partial charge on any atom is -0.484 e. The Labute approximate surface area is 128 Å². The molecule has 2 rings (SSSR count). The van der Waals surface area contributed by atoms with Crippen LogP contribution in [0.5, 0.6) is 5.75 Å². The Hall–Kier alpha value is -2.15. The molecule has 22 heavy (non-hydrogen) atoms. The van der Waals surface area contributed by atoms with Gasteiger partial charge in [-0.2, -0.15) is 0 Å². The number of likely N-dealkylation sites (N-methyl/N-ethyl adjacent to an activating group) is 1. The number of hydrogen-bond donors (Lipinski definition) is 1. The van der Waals surface area contributed by atoms with Crippen LogP contribution in [0.1, 0.15) is 0 Å². The number of ether oxygens (including phenoxy) is 1. The second kappa shape index (κ2) is 7.74. The molecular formula is C15H20FN3O3. The van der Waals surface area contributed by atoms with Gasteiger partial charge in [0, 0.05) is 33.2 Å². The van der Waals surface area contributed by atoms with Gasteiger partial charge in [0.15, 0.2) is 6.61 Å². The first kappa shape index (κ1) is 16.2. The van der Waals surface area contributed by atoms with E-state index in [1.165, 1.54) is 24.3 Å². The summed E-state index contributed by atoms with van der Waals surface area (Å²) in [6.07, 6.45) is 0. The molecule has 0 aliphatic carbocycles. The van der Waals surface area contributed by atoms with E-state index < -0.39 is 0 Å². The average molecular weight is 309 g/mol. The molecule has 1 aromatic rings. The monoisotopic (exact) mass is 309 g/mol. The average Bonchev–Trinajstić information content (AvgIpc) is 2.54. The van der Waals surface area contributed by atoms with Crippen LogP contribution in [0.3, 0.4) is 0 Å². The number of nitrogens with zero attached hydrogens (tertiary/aromatic N) is 2. The fourth-order valence-corrected chi connectivity index (χ4v) is 2.20. The summed E-state index contributed by atoms with van der Waals surface area (Å²) in [6, 6.07) is 5.56. The van der Waals surface area contributed by atoms with E-state index in [2.05, 4.69) is 5.32 Å². The molecule has 1 aliphatic heterocycles. The van der Waals surface area contributed by atoms with E-state index in [0.717, 1.165) is 0 Å². The maximum atomic E-state index is 12.8. The van der Waals surface area contributed by atoms with Gasteiger partial charge in [-0.05, 0) is 24.3 Å². The van der Waals surface area contributed by atoms with Crippen molar-refractivity contribution in [3.63, 3.8) is 0 Å². The van der Waals surface area contributed by atoms with Crippen molar-refractivity contribution < 1.29 is 18.7 Å². The number of nitrogens with one attached hydrogen (secondary N) is 1. The fraction of sp³-hybridized carbons (Fsp3) is 0.467. The highest BCUT2D eigenvalue weighted by Gasteiger charge is 2.22. The van der Waals surface area contributed by atoms with Crippen molar-refractivity contribution in [1.29, 1.82) is 0 Å². The lowest BCUT2D eigenvalue weighted by molar-refractivity contribution is -0.135. The maximum Gasteiger partial charge on any atom is 0.260 e. The predicted octanol–water partition coefficient (Wildman–Crippen LogP) is 0.0947. The number of hydrogen-bond acceptors (Lipinski definition) is 4. The van der Waals surface area contributed by atoms with Gasteiger partial charge in [0.1, 0.15) is 11.6 Å². The summed E-state index contributed by atoms with van der Waals surface area (Å²) in [5, 5.41) is 2.58. The molecule has 0 aromatic heterocycles. The molecule has 1 N–H and O–H groups in total. The Kier molecular flexibility index (Phi) is 5.71. The van der Waals surface area contributed by atoms with Gasteiger partial charge < -0.3 is 15.0 Å². The number of carbonyl (C=O) groups is 2. The highest BCUT2D eigenvalue weighted by molar-refractivity contribution is 5.78. The van der Waals surface area contributed by atoms with E-state index in [1.54, 1.807) is 11.9 Å². The van der Waals surface area contributed by atoms with Gasteiger partial charge in [-0.3, -0.25) is 14.5 Å². The van der Waals surface area contributed by atoms with Gasteiger partial charge in [-0.25, -0.2) is 4.39 Å². The molecule has 0 unspecified atom stereocenters. The van der Waals surface area contributed by atoms with E-state index in [-0.39, 0.29) is 24.2 Å². The second-order valence-electron chi connectivity index (χ2n) is 5.07. The van der Waals surface area contributed by atoms with Gasteiger partial charge in [-0.15, -0.1) is 0 Å². The first-order valence-corrected chi connectivity index (χ1v) is 7.17. The molecule has 7 heteroatoms. The van der Waals surface area contributed by atoms with Crippen LogP contribution < -0.4 is 10.1 Å². The zero-order valence-corrected chi connectivity index (χ0v) is 12.5. The highest BCUT2D eigenvalue weighted by atomic mass is 19.1. The Bertz CT molecular complexity index is 513. The van der Waals surface area contributed by atoms with Crippen LogP contribution in [0, 0.1) is 5.82 Å². The van der Waals surface area contributed by atoms with E-state index in [0.29, 0.717) is 38.5 Å². The van der Waals surface area contributed by atoms with Crippen LogP contribution in [0.2, 0.25) is 0 Å². The lowest BCUT2D eigenvalue weighted by Crippen LogP contribution is -2.51. The van der Waals surface area contributed by atoms with Crippen LogP contribution in [-0.2, 0) is 9.59 Å². The number of piperazine rings is 1. The first-order valence-electron chi connectivity index (χ1n) is 7.17. The zero-order chi connectivity index (χ0) is 15.9. The third-order valence-corrected chi connectivity index (χ3v) is 3.55. The zero-order valence-electron chi connectivity index (χ0n) is 12.5. The third-order valence-electron chi connectivity index (χ3n) is 3.55. The number of amides is 2. The number of halogens is 1. The fourth-order valence-electron chi connectivity index (χ4n) is 2.20. The highest BCUT2D eigenvalue weighted by Crippen LogP contribution is 2.11. The second-order valence-corrected chi connectivity index (χ2v) is 5.07. The van der Waals surface area contributed by atoms with Gasteiger partial charge in [0.25, 0.3) is 5.91 Å². The smallest absolute Gasteiger partial charge is 0.260 e. The summed E-state index contributed by atoms with van der Waals surface area (Å²) in [5.74, 6) is -0.0118. The van der Waals surface area contributed by atoms with Gasteiger partial charge in [0.2, 0.25) is 5.91 Å². The van der Waals surface area contributed by atoms with Crippen LogP contribution in [0.15, 0.2) is 24.3 Å². The van der Waals surface area contributed by atoms with Crippen LogP contribution in [0.25, 0.3) is 0 Å². The molecular weight excluding hydrogens is 289 g/mol. The third kappa shape index (κ3) is 4.70. The van der Waals surface area contributed by atoms with Crippen molar-refractivity contribution in [2.24, 2.45) is 0 Å². The van der Waals surface area contributed by atoms with Crippen molar-refractivity contribution in [3.8, 4) is 5.75 Å². The molecule has 2 amide bonds. The molecule has 1 saturated heterocycles. The topological polar surface area (TPSA) is 61.9 Å². The number of carbonyl (C=O) groups excluding carboxylic acids is 2. The molecule has 0 saturated carbocycles. The molecule has 0 bridgehead atoms. The molecule has 120 valence electrons. The summed E-state index contributed by atoms with van der Waals surface area (Å²) in [4.78, 5) is 27.1. The molecule has 0 radical (unpaired) electrons. The summed E-state index contributed by atoms with van der Waals surface area (Å²) in [5.41, 5.74) is 0. The standard InChI is InChI=1S/C15H20FN3O3/c1-17-14(20)10-18-6-8-19(9-7-18)15(21)11-22-13-4-2-12(16)3-5-13/h2-5H,6-11H2,1H3,(H,17,20). The predicted molar refractivity (Wildman–Crippen MR) is 79.0 cm³/mol. The summed E-state index contributed by atoms with van der Waals surface area (Å²) < 4.78 is 18.1. The Morgan fingerprint density at radius 2 is 1.82 bits per heavy atom. The Morgan fingerprint density at radius 3 is 2.41 bits per heavy atom. The van der Waals surface area contributed by atoms with Crippen LogP contribution in [0.4, 0.5) is 4.39 Å². The molecule has 6 nitrogen and oxygen atoms in total. The van der Waals surface area contributed by atoms with Gasteiger partial charge in [-0.1, -0.05) is 0 Å². The lowest BCUT2D eigenvalue weighted by Gasteiger charge is -2.34. The molecule has 0 spiro atoms. The lowest BCUT2D eigenvalue weighted by atomic mass is 10.3. The molecule has 1 aromatic carbocycles. The van der Waals surface area contributed by atoms with Crippen molar-refractivity contribution in [2.45, 2.75) is 0 Å². The van der Waals surface area contributed by atoms with E-state index >= 15 is 0 Å². The largest absolute Gasteiger partial charge is 0.484 e. The maximum absolute atomic E-state index is 12.8. The minimum absolute atomic E-state index is 0.0283. The quantitative estimate of drug-likeness (QED) is 0.838. The normalized spacial score (nSPS) is 15.5.